The minimum absolute atomic E-state index is 0.140. The summed E-state index contributed by atoms with van der Waals surface area (Å²) in [5.74, 6) is 1.97. The van der Waals surface area contributed by atoms with Crippen molar-refractivity contribution in [2.45, 2.75) is 20.4 Å². The van der Waals surface area contributed by atoms with Crippen LogP contribution in [0.15, 0.2) is 29.3 Å². The summed E-state index contributed by atoms with van der Waals surface area (Å²) in [4.78, 5) is 25.0. The molecule has 2 heterocycles. The number of nitrogens with one attached hydrogen (secondary N) is 1. The van der Waals surface area contributed by atoms with Gasteiger partial charge in [0.2, 0.25) is 5.91 Å². The molecule has 7 heteroatoms. The fourth-order valence-corrected chi connectivity index (χ4v) is 3.14. The highest BCUT2D eigenvalue weighted by Gasteiger charge is 2.21. The van der Waals surface area contributed by atoms with Crippen molar-refractivity contribution in [1.82, 2.24) is 24.7 Å². The van der Waals surface area contributed by atoms with Gasteiger partial charge in [0.1, 0.15) is 12.4 Å². The van der Waals surface area contributed by atoms with Crippen molar-refractivity contribution < 1.29 is 4.79 Å². The molecule has 0 radical (unpaired) electrons. The summed E-state index contributed by atoms with van der Waals surface area (Å²) >= 11 is 0. The average molecular weight is 342 g/mol. The molecule has 0 saturated carbocycles. The van der Waals surface area contributed by atoms with E-state index in [2.05, 4.69) is 32.8 Å². The zero-order chi connectivity index (χ0) is 17.8. The number of aromatic nitrogens is 2. The molecule has 1 amide bonds. The summed E-state index contributed by atoms with van der Waals surface area (Å²) in [6.45, 7) is 8.12. The Labute approximate surface area is 148 Å². The van der Waals surface area contributed by atoms with E-state index in [1.54, 1.807) is 6.92 Å². The third kappa shape index (κ3) is 3.75. The molecule has 1 aromatic carbocycles. The summed E-state index contributed by atoms with van der Waals surface area (Å²) in [6.07, 6.45) is 0. The van der Waals surface area contributed by atoms with Crippen molar-refractivity contribution in [3.05, 3.63) is 30.1 Å². The second-order valence-corrected chi connectivity index (χ2v) is 6.24. The second kappa shape index (κ2) is 7.55. The van der Waals surface area contributed by atoms with Crippen molar-refractivity contribution in [2.75, 3.05) is 32.7 Å². The second-order valence-electron chi connectivity index (χ2n) is 6.24. The monoisotopic (exact) mass is 342 g/mol. The van der Waals surface area contributed by atoms with Crippen LogP contribution in [0.2, 0.25) is 0 Å². The molecule has 1 aromatic heterocycles. The highest BCUT2D eigenvalue weighted by molar-refractivity contribution is 5.81. The molecule has 1 N–H and O–H groups in total. The summed E-state index contributed by atoms with van der Waals surface area (Å²) in [5, 5.41) is 3.36. The number of rotatable bonds is 3. The van der Waals surface area contributed by atoms with Gasteiger partial charge >= 0.3 is 0 Å². The number of amides is 1. The van der Waals surface area contributed by atoms with Crippen LogP contribution in [0.25, 0.3) is 11.0 Å². The number of carbonyl (C=O) groups is 1. The van der Waals surface area contributed by atoms with Gasteiger partial charge in [-0.1, -0.05) is 12.1 Å². The van der Waals surface area contributed by atoms with Gasteiger partial charge in [0.05, 0.1) is 11.0 Å². The number of carbonyl (C=O) groups excluding carboxylic acids is 1. The van der Waals surface area contributed by atoms with Crippen LogP contribution in [0.3, 0.4) is 0 Å². The normalized spacial score (nSPS) is 15.7. The lowest BCUT2D eigenvalue weighted by Gasteiger charge is -2.36. The zero-order valence-corrected chi connectivity index (χ0v) is 15.2. The van der Waals surface area contributed by atoms with Gasteiger partial charge in [0.15, 0.2) is 5.96 Å². The maximum atomic E-state index is 11.5. The number of aliphatic imine (C=N–C) groups is 1. The Morgan fingerprint density at radius 1 is 1.20 bits per heavy atom. The number of nitrogens with zero attached hydrogens (tertiary/aromatic N) is 5. The maximum absolute atomic E-state index is 11.5. The number of hydrogen-bond acceptors (Lipinski definition) is 3. The lowest BCUT2D eigenvalue weighted by atomic mass is 10.3. The van der Waals surface area contributed by atoms with Crippen LogP contribution >= 0.6 is 0 Å². The van der Waals surface area contributed by atoms with Crippen LogP contribution in [-0.4, -0.2) is 63.9 Å². The first-order valence-electron chi connectivity index (χ1n) is 8.79. The van der Waals surface area contributed by atoms with Crippen LogP contribution < -0.4 is 5.32 Å². The fraction of sp³-hybridized carbons (Fsp3) is 0.500. The predicted octanol–water partition coefficient (Wildman–Crippen LogP) is 1.20. The molecular formula is C18H26N6O. The molecule has 2 aromatic rings. The minimum atomic E-state index is 0.140. The molecule has 1 aliphatic heterocycles. The number of imidazole rings is 1. The standard InChI is InChI=1S/C18H26N6O/c1-4-19-18(24-11-9-23(10-12-24)14(2)25)20-13-17-21-15-7-5-6-8-16(15)22(17)3/h5-8H,4,9-13H2,1-3H3,(H,19,20). The Balaban J connectivity index is 1.74. The van der Waals surface area contributed by atoms with E-state index in [4.69, 9.17) is 4.99 Å². The number of para-hydroxylation sites is 2. The van der Waals surface area contributed by atoms with E-state index in [0.29, 0.717) is 6.54 Å². The van der Waals surface area contributed by atoms with Crippen molar-refractivity contribution in [1.29, 1.82) is 0 Å². The minimum Gasteiger partial charge on any atom is -0.357 e. The topological polar surface area (TPSA) is 65.8 Å². The van der Waals surface area contributed by atoms with Crippen molar-refractivity contribution in [3.8, 4) is 0 Å². The predicted molar refractivity (Wildman–Crippen MR) is 99.4 cm³/mol. The van der Waals surface area contributed by atoms with Crippen LogP contribution in [0.4, 0.5) is 0 Å². The molecule has 25 heavy (non-hydrogen) atoms. The molecular weight excluding hydrogens is 316 g/mol. The van der Waals surface area contributed by atoms with E-state index in [1.807, 2.05) is 30.1 Å². The van der Waals surface area contributed by atoms with E-state index in [0.717, 1.165) is 55.5 Å². The molecule has 0 aliphatic carbocycles. The average Bonchev–Trinajstić information content (AvgIpc) is 2.95. The van der Waals surface area contributed by atoms with Crippen LogP contribution in [0, 0.1) is 0 Å². The lowest BCUT2D eigenvalue weighted by Crippen LogP contribution is -2.53. The van der Waals surface area contributed by atoms with Gasteiger partial charge in [-0.3, -0.25) is 4.79 Å². The fourth-order valence-electron chi connectivity index (χ4n) is 3.14. The maximum Gasteiger partial charge on any atom is 0.219 e. The molecule has 1 saturated heterocycles. The number of hydrogen-bond donors (Lipinski definition) is 1. The van der Waals surface area contributed by atoms with Crippen molar-refractivity contribution in [3.63, 3.8) is 0 Å². The van der Waals surface area contributed by atoms with Crippen LogP contribution in [-0.2, 0) is 18.4 Å². The first-order valence-corrected chi connectivity index (χ1v) is 8.79. The molecule has 0 atom stereocenters. The number of benzene rings is 1. The summed E-state index contributed by atoms with van der Waals surface area (Å²) in [6, 6.07) is 8.12. The van der Waals surface area contributed by atoms with Gasteiger partial charge in [0, 0.05) is 46.7 Å². The molecule has 1 fully saturated rings. The molecule has 7 nitrogen and oxygen atoms in total. The molecule has 0 bridgehead atoms. The Morgan fingerprint density at radius 2 is 1.88 bits per heavy atom. The van der Waals surface area contributed by atoms with E-state index in [1.165, 1.54) is 0 Å². The number of piperazine rings is 1. The Hall–Kier alpha value is -2.57. The van der Waals surface area contributed by atoms with Crippen molar-refractivity contribution in [2.24, 2.45) is 12.0 Å². The third-order valence-electron chi connectivity index (χ3n) is 4.61. The molecule has 1 aliphatic rings. The first-order chi connectivity index (χ1) is 12.1. The molecule has 0 unspecified atom stereocenters. The quantitative estimate of drug-likeness (QED) is 0.672. The van der Waals surface area contributed by atoms with E-state index < -0.39 is 0 Å². The molecule has 3 rings (SSSR count). The Bertz CT molecular complexity index is 773. The largest absolute Gasteiger partial charge is 0.357 e. The number of guanidine groups is 1. The summed E-state index contributed by atoms with van der Waals surface area (Å²) in [7, 11) is 2.03. The SMILES string of the molecule is CCNC(=NCc1nc2ccccc2n1C)N1CCN(C(C)=O)CC1. The number of fused-ring (bicyclic) bond motifs is 1. The van der Waals surface area contributed by atoms with Gasteiger partial charge in [-0.05, 0) is 19.1 Å². The Morgan fingerprint density at radius 3 is 2.52 bits per heavy atom. The van der Waals surface area contributed by atoms with E-state index >= 15 is 0 Å². The third-order valence-corrected chi connectivity index (χ3v) is 4.61. The van der Waals surface area contributed by atoms with Crippen LogP contribution in [0.1, 0.15) is 19.7 Å². The first kappa shape index (κ1) is 17.3. The van der Waals surface area contributed by atoms with Gasteiger partial charge in [-0.2, -0.15) is 0 Å². The highest BCUT2D eigenvalue weighted by Crippen LogP contribution is 2.15. The van der Waals surface area contributed by atoms with E-state index in [-0.39, 0.29) is 5.91 Å². The molecule has 134 valence electrons. The molecule has 0 spiro atoms. The van der Waals surface area contributed by atoms with Gasteiger partial charge in [-0.15, -0.1) is 0 Å². The van der Waals surface area contributed by atoms with Crippen LogP contribution in [0.5, 0.6) is 0 Å². The summed E-state index contributed by atoms with van der Waals surface area (Å²) < 4.78 is 2.09. The van der Waals surface area contributed by atoms with Gasteiger partial charge in [0.25, 0.3) is 0 Å². The highest BCUT2D eigenvalue weighted by atomic mass is 16.2. The van der Waals surface area contributed by atoms with Gasteiger partial charge in [-0.25, -0.2) is 9.98 Å². The van der Waals surface area contributed by atoms with E-state index in [9.17, 15) is 4.79 Å². The lowest BCUT2D eigenvalue weighted by molar-refractivity contribution is -0.130. The summed E-state index contributed by atoms with van der Waals surface area (Å²) in [5.41, 5.74) is 2.11. The zero-order valence-electron chi connectivity index (χ0n) is 15.2. The van der Waals surface area contributed by atoms with Gasteiger partial charge < -0.3 is 19.7 Å². The smallest absolute Gasteiger partial charge is 0.219 e. The number of aryl methyl sites for hydroxylation is 1. The Kier molecular flexibility index (Phi) is 5.21. The van der Waals surface area contributed by atoms with Crippen molar-refractivity contribution >= 4 is 22.9 Å².